The predicted octanol–water partition coefficient (Wildman–Crippen LogP) is 4.67. The van der Waals surface area contributed by atoms with Crippen molar-refractivity contribution in [2.75, 3.05) is 0 Å². The first-order valence-corrected chi connectivity index (χ1v) is 9.98. The van der Waals surface area contributed by atoms with E-state index in [2.05, 4.69) is 0 Å². The van der Waals surface area contributed by atoms with Gasteiger partial charge in [-0.25, -0.2) is 0 Å². The zero-order chi connectivity index (χ0) is 22.2. The van der Waals surface area contributed by atoms with Gasteiger partial charge in [-0.2, -0.15) is 0 Å². The lowest BCUT2D eigenvalue weighted by molar-refractivity contribution is -0.138. The number of aliphatic carboxylic acids is 2. The topological polar surface area (TPSA) is 104 Å². The Morgan fingerprint density at radius 2 is 1.29 bits per heavy atom. The van der Waals surface area contributed by atoms with Gasteiger partial charge >= 0.3 is 11.9 Å². The number of benzene rings is 3. The molecule has 0 fully saturated rings. The molecule has 3 aromatic rings. The molecular weight excluding hydrogens is 396 g/mol. The second-order valence-electron chi connectivity index (χ2n) is 7.24. The number of hydrogen-bond donors (Lipinski definition) is 3. The maximum Gasteiger partial charge on any atom is 0.303 e. The summed E-state index contributed by atoms with van der Waals surface area (Å²) in [5, 5.41) is 28.5. The molecule has 0 aliphatic carbocycles. The molecule has 0 saturated carbocycles. The third-order valence-corrected chi connectivity index (χ3v) is 4.89. The van der Waals surface area contributed by atoms with Crippen molar-refractivity contribution in [1.82, 2.24) is 0 Å². The molecule has 0 aliphatic rings. The average molecular weight is 420 g/mol. The number of carboxylic acid groups (broad SMARTS) is 2. The number of carbonyl (C=O) groups is 2. The number of phenols is 1. The largest absolute Gasteiger partial charge is 0.507 e. The van der Waals surface area contributed by atoms with Crippen molar-refractivity contribution in [2.45, 2.75) is 32.3 Å². The Hall–Kier alpha value is -3.80. The quantitative estimate of drug-likeness (QED) is 0.440. The van der Waals surface area contributed by atoms with Gasteiger partial charge in [0.25, 0.3) is 0 Å². The van der Waals surface area contributed by atoms with Crippen molar-refractivity contribution < 1.29 is 29.6 Å². The summed E-state index contributed by atoms with van der Waals surface area (Å²) in [4.78, 5) is 21.9. The summed E-state index contributed by atoms with van der Waals surface area (Å²) in [6.07, 6.45) is 0.664. The Morgan fingerprint density at radius 3 is 1.90 bits per heavy atom. The van der Waals surface area contributed by atoms with Crippen LogP contribution in [-0.4, -0.2) is 27.3 Å². The van der Waals surface area contributed by atoms with E-state index in [1.807, 2.05) is 42.5 Å². The van der Waals surface area contributed by atoms with E-state index < -0.39 is 11.9 Å². The highest BCUT2D eigenvalue weighted by Crippen LogP contribution is 2.38. The van der Waals surface area contributed by atoms with Crippen LogP contribution in [0.25, 0.3) is 11.1 Å². The highest BCUT2D eigenvalue weighted by atomic mass is 16.5. The molecule has 0 radical (unpaired) electrons. The van der Waals surface area contributed by atoms with Crippen molar-refractivity contribution >= 4 is 11.9 Å². The number of aryl methyl sites for hydroxylation is 2. The molecule has 3 N–H and O–H groups in total. The van der Waals surface area contributed by atoms with Crippen LogP contribution in [-0.2, 0) is 29.0 Å². The normalized spacial score (nSPS) is 10.6. The SMILES string of the molecule is O=C(O)CCc1ccc(O)c(-c2cc(CCC(=O)O)ccc2OCc2ccccc2)c1. The Morgan fingerprint density at radius 1 is 0.710 bits per heavy atom. The maximum atomic E-state index is 11.0. The average Bonchev–Trinajstić information content (AvgIpc) is 2.76. The first-order chi connectivity index (χ1) is 14.9. The third kappa shape index (κ3) is 6.34. The molecule has 0 aliphatic heterocycles. The number of rotatable bonds is 10. The predicted molar refractivity (Wildman–Crippen MR) is 116 cm³/mol. The Labute approximate surface area is 180 Å². The molecule has 31 heavy (non-hydrogen) atoms. The molecule has 0 amide bonds. The van der Waals surface area contributed by atoms with Gasteiger partial charge in [0, 0.05) is 24.0 Å². The van der Waals surface area contributed by atoms with E-state index in [4.69, 9.17) is 14.9 Å². The minimum Gasteiger partial charge on any atom is -0.507 e. The molecule has 6 heteroatoms. The van der Waals surface area contributed by atoms with E-state index in [0.717, 1.165) is 16.7 Å². The van der Waals surface area contributed by atoms with Crippen LogP contribution in [0.2, 0.25) is 0 Å². The van der Waals surface area contributed by atoms with Gasteiger partial charge in [0.15, 0.2) is 0 Å². The van der Waals surface area contributed by atoms with Crippen LogP contribution in [0.3, 0.4) is 0 Å². The maximum absolute atomic E-state index is 11.0. The molecule has 0 aromatic heterocycles. The lowest BCUT2D eigenvalue weighted by atomic mass is 9.96. The van der Waals surface area contributed by atoms with Crippen molar-refractivity contribution in [3.63, 3.8) is 0 Å². The second-order valence-corrected chi connectivity index (χ2v) is 7.24. The van der Waals surface area contributed by atoms with E-state index in [0.29, 0.717) is 36.3 Å². The Balaban J connectivity index is 1.96. The van der Waals surface area contributed by atoms with Gasteiger partial charge in [0.1, 0.15) is 18.1 Å². The summed E-state index contributed by atoms with van der Waals surface area (Å²) in [6, 6.07) is 20.1. The molecule has 0 atom stereocenters. The smallest absolute Gasteiger partial charge is 0.303 e. The number of carboxylic acids is 2. The number of hydrogen-bond acceptors (Lipinski definition) is 4. The minimum atomic E-state index is -0.892. The molecule has 6 nitrogen and oxygen atoms in total. The first-order valence-electron chi connectivity index (χ1n) is 9.98. The Bertz CT molecular complexity index is 1060. The lowest BCUT2D eigenvalue weighted by Gasteiger charge is -2.15. The molecule has 0 spiro atoms. The zero-order valence-electron chi connectivity index (χ0n) is 17.0. The van der Waals surface area contributed by atoms with Crippen LogP contribution in [0, 0.1) is 0 Å². The van der Waals surface area contributed by atoms with E-state index in [9.17, 15) is 14.7 Å². The first kappa shape index (κ1) is 21.9. The van der Waals surface area contributed by atoms with Crippen LogP contribution in [0.4, 0.5) is 0 Å². The van der Waals surface area contributed by atoms with E-state index in [-0.39, 0.29) is 18.6 Å². The summed E-state index contributed by atoms with van der Waals surface area (Å²) in [5.41, 5.74) is 3.72. The van der Waals surface area contributed by atoms with Gasteiger partial charge in [-0.15, -0.1) is 0 Å². The monoisotopic (exact) mass is 420 g/mol. The van der Waals surface area contributed by atoms with Crippen LogP contribution >= 0.6 is 0 Å². The van der Waals surface area contributed by atoms with Crippen molar-refractivity contribution in [3.8, 4) is 22.6 Å². The van der Waals surface area contributed by atoms with Crippen LogP contribution < -0.4 is 4.74 Å². The van der Waals surface area contributed by atoms with Crippen molar-refractivity contribution in [2.24, 2.45) is 0 Å². The van der Waals surface area contributed by atoms with Gasteiger partial charge in [-0.05, 0) is 53.8 Å². The highest BCUT2D eigenvalue weighted by Gasteiger charge is 2.14. The minimum absolute atomic E-state index is 0.00566. The number of phenolic OH excluding ortho intramolecular Hbond substituents is 1. The van der Waals surface area contributed by atoms with Gasteiger partial charge < -0.3 is 20.1 Å². The summed E-state index contributed by atoms with van der Waals surface area (Å²) in [6.45, 7) is 0.335. The van der Waals surface area contributed by atoms with E-state index >= 15 is 0 Å². The summed E-state index contributed by atoms with van der Waals surface area (Å²) in [7, 11) is 0. The summed E-state index contributed by atoms with van der Waals surface area (Å²) < 4.78 is 6.03. The van der Waals surface area contributed by atoms with Gasteiger partial charge in [0.2, 0.25) is 0 Å². The highest BCUT2D eigenvalue weighted by molar-refractivity contribution is 5.77. The van der Waals surface area contributed by atoms with E-state index in [1.54, 1.807) is 18.2 Å². The number of ether oxygens (including phenoxy) is 1. The van der Waals surface area contributed by atoms with Crippen molar-refractivity contribution in [1.29, 1.82) is 0 Å². The standard InChI is InChI=1S/C25H24O6/c26-22-10-6-17(8-12-24(27)28)14-20(22)21-15-18(9-13-25(29)30)7-11-23(21)31-16-19-4-2-1-3-5-19/h1-7,10-11,14-15,26H,8-9,12-13,16H2,(H,27,28)(H,29,30). The molecule has 3 rings (SSSR count). The van der Waals surface area contributed by atoms with Crippen molar-refractivity contribution in [3.05, 3.63) is 83.4 Å². The van der Waals surface area contributed by atoms with Gasteiger partial charge in [-0.1, -0.05) is 42.5 Å². The lowest BCUT2D eigenvalue weighted by Crippen LogP contribution is -2.01. The van der Waals surface area contributed by atoms with Gasteiger partial charge in [-0.3, -0.25) is 9.59 Å². The van der Waals surface area contributed by atoms with Crippen LogP contribution in [0.5, 0.6) is 11.5 Å². The number of aromatic hydroxyl groups is 1. The third-order valence-electron chi connectivity index (χ3n) is 4.89. The zero-order valence-corrected chi connectivity index (χ0v) is 17.0. The Kier molecular flexibility index (Phi) is 7.27. The molecule has 0 unspecified atom stereocenters. The molecule has 0 heterocycles. The summed E-state index contributed by atoms with van der Waals surface area (Å²) >= 11 is 0. The van der Waals surface area contributed by atoms with E-state index in [1.165, 1.54) is 6.07 Å². The molecule has 160 valence electrons. The second kappa shape index (κ2) is 10.3. The van der Waals surface area contributed by atoms with Crippen LogP contribution in [0.1, 0.15) is 29.5 Å². The molecule has 3 aromatic carbocycles. The van der Waals surface area contributed by atoms with Gasteiger partial charge in [0.05, 0.1) is 0 Å². The molecular formula is C25H24O6. The fourth-order valence-corrected chi connectivity index (χ4v) is 3.26. The van der Waals surface area contributed by atoms with Crippen LogP contribution in [0.15, 0.2) is 66.7 Å². The fourth-order valence-electron chi connectivity index (χ4n) is 3.26. The summed E-state index contributed by atoms with van der Waals surface area (Å²) in [5.74, 6) is -1.19. The molecule has 0 saturated heterocycles. The fraction of sp³-hybridized carbons (Fsp3) is 0.200. The molecule has 0 bridgehead atoms.